The zero-order valence-corrected chi connectivity index (χ0v) is 18.4. The van der Waals surface area contributed by atoms with Crippen LogP contribution in [0.1, 0.15) is 46.3 Å². The Bertz CT molecular complexity index is 460. The molecule has 1 heterocycles. The molecule has 0 radical (unpaired) electrons. The fourth-order valence-corrected chi connectivity index (χ4v) is 2.44. The zero-order chi connectivity index (χ0) is 17.8. The number of nitrogens with one attached hydrogen (secondary N) is 2. The molecule has 0 aliphatic carbocycles. The van der Waals surface area contributed by atoms with E-state index >= 15 is 0 Å². The third-order valence-electron chi connectivity index (χ3n) is 4.03. The van der Waals surface area contributed by atoms with Gasteiger partial charge in [0.15, 0.2) is 5.96 Å². The molecule has 0 amide bonds. The molecule has 0 bridgehead atoms. The predicted octanol–water partition coefficient (Wildman–Crippen LogP) is 2.78. The van der Waals surface area contributed by atoms with Gasteiger partial charge in [0.1, 0.15) is 11.4 Å². The van der Waals surface area contributed by atoms with Gasteiger partial charge in [0.2, 0.25) is 0 Å². The zero-order valence-electron chi connectivity index (χ0n) is 16.0. The molecule has 6 nitrogen and oxygen atoms in total. The minimum Gasteiger partial charge on any atom is -0.466 e. The highest BCUT2D eigenvalue weighted by Gasteiger charge is 2.25. The maximum absolute atomic E-state index is 10.5. The molecule has 1 rings (SSSR count). The van der Waals surface area contributed by atoms with Gasteiger partial charge in [-0.05, 0) is 58.5 Å². The average Bonchev–Trinajstić information content (AvgIpc) is 3.11. The van der Waals surface area contributed by atoms with Crippen molar-refractivity contribution in [1.82, 2.24) is 15.5 Å². The first-order valence-corrected chi connectivity index (χ1v) is 9.04. The van der Waals surface area contributed by atoms with E-state index in [0.29, 0.717) is 5.76 Å². The molecule has 0 spiro atoms. The monoisotopic (exact) mass is 466 g/mol. The maximum atomic E-state index is 10.5. The lowest BCUT2D eigenvalue weighted by Gasteiger charge is -2.20. The van der Waals surface area contributed by atoms with Crippen LogP contribution in [0.2, 0.25) is 0 Å². The smallest absolute Gasteiger partial charge is 0.191 e. The molecule has 0 aromatic carbocycles. The van der Waals surface area contributed by atoms with Crippen molar-refractivity contribution in [2.24, 2.45) is 4.99 Å². The van der Waals surface area contributed by atoms with Crippen LogP contribution in [0.4, 0.5) is 0 Å². The Hall–Kier alpha value is -0.800. The van der Waals surface area contributed by atoms with Gasteiger partial charge in [0.05, 0.1) is 12.8 Å². The number of furan rings is 1. The third-order valence-corrected chi connectivity index (χ3v) is 4.03. The van der Waals surface area contributed by atoms with Crippen LogP contribution in [0, 0.1) is 0 Å². The number of aliphatic imine (C=N–C) groups is 1. The average molecular weight is 466 g/mol. The fourth-order valence-electron chi connectivity index (χ4n) is 2.44. The summed E-state index contributed by atoms with van der Waals surface area (Å²) < 4.78 is 5.28. The minimum absolute atomic E-state index is 0. The standard InChI is InChI=1S/C18H34N4O2.HI/c1-5-19-17(20-12-8-9-13-22(6-2)7-3)21-15-18(4,23)16-11-10-14-24-16;/h10-11,14,23H,5-9,12-13,15H2,1-4H3,(H2,19,20,21);1H. The van der Waals surface area contributed by atoms with Crippen LogP contribution in [0.3, 0.4) is 0 Å². The summed E-state index contributed by atoms with van der Waals surface area (Å²) in [5.41, 5.74) is -1.10. The van der Waals surface area contributed by atoms with E-state index in [1.54, 1.807) is 25.3 Å². The van der Waals surface area contributed by atoms with E-state index in [1.807, 2.05) is 6.92 Å². The molecule has 0 aliphatic heterocycles. The first-order chi connectivity index (χ1) is 11.5. The molecule has 1 aromatic heterocycles. The SMILES string of the molecule is CCNC(=NCC(C)(O)c1ccco1)NCCCCN(CC)CC.I. The summed E-state index contributed by atoms with van der Waals surface area (Å²) in [5, 5.41) is 17.0. The highest BCUT2D eigenvalue weighted by atomic mass is 127. The highest BCUT2D eigenvalue weighted by molar-refractivity contribution is 14.0. The number of halogens is 1. The lowest BCUT2D eigenvalue weighted by molar-refractivity contribution is 0.0437. The normalized spacial score (nSPS) is 14.1. The van der Waals surface area contributed by atoms with Crippen LogP contribution in [0.15, 0.2) is 27.8 Å². The number of aliphatic hydroxyl groups is 1. The largest absolute Gasteiger partial charge is 0.466 e. The predicted molar refractivity (Wildman–Crippen MR) is 115 cm³/mol. The molecule has 7 heteroatoms. The van der Waals surface area contributed by atoms with E-state index in [2.05, 4.69) is 34.4 Å². The number of guanidine groups is 1. The topological polar surface area (TPSA) is 73.0 Å². The summed E-state index contributed by atoms with van der Waals surface area (Å²) in [6.45, 7) is 13.4. The Balaban J connectivity index is 0.00000576. The Kier molecular flexibility index (Phi) is 13.0. The van der Waals surface area contributed by atoms with Crippen LogP contribution in [-0.4, -0.2) is 55.2 Å². The van der Waals surface area contributed by atoms with E-state index in [-0.39, 0.29) is 30.5 Å². The minimum atomic E-state index is -1.10. The Morgan fingerprint density at radius 2 is 1.96 bits per heavy atom. The van der Waals surface area contributed by atoms with E-state index in [9.17, 15) is 5.11 Å². The van der Waals surface area contributed by atoms with Crippen molar-refractivity contribution in [2.45, 2.75) is 46.1 Å². The summed E-state index contributed by atoms with van der Waals surface area (Å²) in [4.78, 5) is 6.91. The van der Waals surface area contributed by atoms with E-state index in [4.69, 9.17) is 4.42 Å². The van der Waals surface area contributed by atoms with Crippen LogP contribution in [0.5, 0.6) is 0 Å². The van der Waals surface area contributed by atoms with E-state index < -0.39 is 5.60 Å². The lowest BCUT2D eigenvalue weighted by atomic mass is 10.0. The van der Waals surface area contributed by atoms with Gasteiger partial charge >= 0.3 is 0 Å². The van der Waals surface area contributed by atoms with Gasteiger partial charge in [0, 0.05) is 13.1 Å². The van der Waals surface area contributed by atoms with Crippen molar-refractivity contribution in [3.05, 3.63) is 24.2 Å². The number of unbranched alkanes of at least 4 members (excludes halogenated alkanes) is 1. The quantitative estimate of drug-likeness (QED) is 0.203. The number of hydrogen-bond donors (Lipinski definition) is 3. The number of hydrogen-bond acceptors (Lipinski definition) is 4. The molecule has 0 fully saturated rings. The molecule has 1 aromatic rings. The van der Waals surface area contributed by atoms with E-state index in [1.165, 1.54) is 0 Å². The van der Waals surface area contributed by atoms with Crippen molar-refractivity contribution >= 4 is 29.9 Å². The van der Waals surface area contributed by atoms with Crippen LogP contribution in [-0.2, 0) is 5.60 Å². The van der Waals surface area contributed by atoms with Gasteiger partial charge in [-0.1, -0.05) is 13.8 Å². The molecule has 3 N–H and O–H groups in total. The van der Waals surface area contributed by atoms with Crippen LogP contribution >= 0.6 is 24.0 Å². The molecule has 25 heavy (non-hydrogen) atoms. The van der Waals surface area contributed by atoms with Crippen LogP contribution < -0.4 is 10.6 Å². The second kappa shape index (κ2) is 13.4. The summed E-state index contributed by atoms with van der Waals surface area (Å²) in [7, 11) is 0. The number of nitrogens with zero attached hydrogens (tertiary/aromatic N) is 2. The Morgan fingerprint density at radius 1 is 1.24 bits per heavy atom. The van der Waals surface area contributed by atoms with Gasteiger partial charge in [-0.3, -0.25) is 0 Å². The highest BCUT2D eigenvalue weighted by Crippen LogP contribution is 2.20. The van der Waals surface area contributed by atoms with Crippen molar-refractivity contribution in [3.63, 3.8) is 0 Å². The third kappa shape index (κ3) is 9.46. The Morgan fingerprint density at radius 3 is 2.52 bits per heavy atom. The summed E-state index contributed by atoms with van der Waals surface area (Å²) in [5.74, 6) is 1.26. The van der Waals surface area contributed by atoms with Crippen LogP contribution in [0.25, 0.3) is 0 Å². The first-order valence-electron chi connectivity index (χ1n) is 9.04. The molecule has 1 atom stereocenters. The van der Waals surface area contributed by atoms with Gasteiger partial charge in [0.25, 0.3) is 0 Å². The summed E-state index contributed by atoms with van der Waals surface area (Å²) in [6.07, 6.45) is 3.82. The summed E-state index contributed by atoms with van der Waals surface area (Å²) in [6, 6.07) is 3.54. The maximum Gasteiger partial charge on any atom is 0.191 e. The molecular formula is C18H35IN4O2. The van der Waals surface area contributed by atoms with E-state index in [0.717, 1.165) is 51.5 Å². The van der Waals surface area contributed by atoms with Gasteiger partial charge in [-0.2, -0.15) is 0 Å². The van der Waals surface area contributed by atoms with Gasteiger partial charge < -0.3 is 25.1 Å². The molecule has 0 saturated heterocycles. The van der Waals surface area contributed by atoms with Crippen molar-refractivity contribution in [3.8, 4) is 0 Å². The molecule has 1 unspecified atom stereocenters. The molecule has 146 valence electrons. The molecule has 0 aliphatic rings. The lowest BCUT2D eigenvalue weighted by Crippen LogP contribution is -2.39. The Labute approximate surface area is 169 Å². The number of rotatable bonds is 11. The second-order valence-corrected chi connectivity index (χ2v) is 6.11. The molecular weight excluding hydrogens is 431 g/mol. The first kappa shape index (κ1) is 24.2. The van der Waals surface area contributed by atoms with Gasteiger partial charge in [-0.15, -0.1) is 24.0 Å². The summed E-state index contributed by atoms with van der Waals surface area (Å²) >= 11 is 0. The second-order valence-electron chi connectivity index (χ2n) is 6.11. The fraction of sp³-hybridized carbons (Fsp3) is 0.722. The van der Waals surface area contributed by atoms with Crippen molar-refractivity contribution < 1.29 is 9.52 Å². The van der Waals surface area contributed by atoms with Gasteiger partial charge in [-0.25, -0.2) is 4.99 Å². The van der Waals surface area contributed by atoms with Crippen molar-refractivity contribution in [1.29, 1.82) is 0 Å². The molecule has 0 saturated carbocycles. The van der Waals surface area contributed by atoms with Crippen molar-refractivity contribution in [2.75, 3.05) is 39.3 Å².